The Labute approximate surface area is 158 Å². The standard InChI is InChI=1S/C16H21BrN4O5/c1-7-9-4-8(16(9,2)3)5-10(7)18-13-12(17)15(24)20(6-11(22)23)19-14(13)21(25)26/h7-10,18H,4-6H2,1-3H3,(H,22,23)/t7-,8-,9+,10-/m1/s1. The number of hydrogen-bond donors (Lipinski definition) is 2. The molecular weight excluding hydrogens is 408 g/mol. The molecule has 1 aromatic heterocycles. The number of carbonyl (C=O) groups is 1. The summed E-state index contributed by atoms with van der Waals surface area (Å²) in [5, 5.41) is 27.1. The molecular formula is C16H21BrN4O5. The van der Waals surface area contributed by atoms with E-state index in [1.807, 2.05) is 0 Å². The molecule has 0 unspecified atom stereocenters. The van der Waals surface area contributed by atoms with E-state index in [0.29, 0.717) is 22.4 Å². The number of carboxylic acids is 1. The fourth-order valence-corrected chi connectivity index (χ4v) is 5.04. The van der Waals surface area contributed by atoms with Crippen molar-refractivity contribution in [3.8, 4) is 0 Å². The van der Waals surface area contributed by atoms with Crippen molar-refractivity contribution in [1.29, 1.82) is 0 Å². The summed E-state index contributed by atoms with van der Waals surface area (Å²) in [5.74, 6) is -0.493. The molecule has 3 aliphatic carbocycles. The Morgan fingerprint density at radius 1 is 1.50 bits per heavy atom. The van der Waals surface area contributed by atoms with E-state index in [-0.39, 0.29) is 21.6 Å². The molecule has 26 heavy (non-hydrogen) atoms. The summed E-state index contributed by atoms with van der Waals surface area (Å²) in [6.45, 7) is 5.89. The molecule has 2 bridgehead atoms. The van der Waals surface area contributed by atoms with Gasteiger partial charge in [-0.05, 0) is 56.9 Å². The van der Waals surface area contributed by atoms with Gasteiger partial charge in [-0.3, -0.25) is 9.59 Å². The highest BCUT2D eigenvalue weighted by Gasteiger charge is 2.56. The molecule has 2 N–H and O–H groups in total. The third kappa shape index (κ3) is 2.89. The molecule has 142 valence electrons. The molecule has 4 atom stereocenters. The number of carboxylic acid groups (broad SMARTS) is 1. The summed E-state index contributed by atoms with van der Waals surface area (Å²) in [4.78, 5) is 33.9. The summed E-state index contributed by atoms with van der Waals surface area (Å²) in [6.07, 6.45) is 2.03. The molecule has 4 rings (SSSR count). The van der Waals surface area contributed by atoms with Crippen LogP contribution in [0.3, 0.4) is 0 Å². The van der Waals surface area contributed by atoms with Crippen LogP contribution in [-0.2, 0) is 11.3 Å². The van der Waals surface area contributed by atoms with Gasteiger partial charge in [-0.2, -0.15) is 0 Å². The fraction of sp³-hybridized carbons (Fsp3) is 0.688. The zero-order valence-corrected chi connectivity index (χ0v) is 16.3. The topological polar surface area (TPSA) is 127 Å². The minimum Gasteiger partial charge on any atom is -0.480 e. The number of fused-ring (bicyclic) bond motifs is 2. The summed E-state index contributed by atoms with van der Waals surface area (Å²) in [6, 6.07) is -0.00158. The first kappa shape index (κ1) is 18.8. The van der Waals surface area contributed by atoms with Crippen LogP contribution in [0.5, 0.6) is 0 Å². The smallest absolute Gasteiger partial charge is 0.413 e. The van der Waals surface area contributed by atoms with Crippen molar-refractivity contribution in [3.63, 3.8) is 0 Å². The third-order valence-corrected chi connectivity index (χ3v) is 6.96. The summed E-state index contributed by atoms with van der Waals surface area (Å²) >= 11 is 3.10. The molecule has 1 heterocycles. The quantitative estimate of drug-likeness (QED) is 0.544. The van der Waals surface area contributed by atoms with Gasteiger partial charge in [-0.25, -0.2) is 0 Å². The second-order valence-electron chi connectivity index (χ2n) is 7.83. The molecule has 3 aliphatic rings. The van der Waals surface area contributed by atoms with E-state index in [2.05, 4.69) is 47.1 Å². The van der Waals surface area contributed by atoms with Gasteiger partial charge in [0.05, 0.1) is 5.10 Å². The monoisotopic (exact) mass is 428 g/mol. The number of nitrogens with zero attached hydrogens (tertiary/aromatic N) is 3. The molecule has 0 aromatic carbocycles. The maximum absolute atomic E-state index is 12.3. The van der Waals surface area contributed by atoms with Crippen molar-refractivity contribution in [1.82, 2.24) is 9.78 Å². The maximum Gasteiger partial charge on any atom is 0.413 e. The number of aromatic nitrogens is 2. The van der Waals surface area contributed by atoms with E-state index in [1.165, 1.54) is 0 Å². The van der Waals surface area contributed by atoms with Crippen molar-refractivity contribution in [2.45, 2.75) is 46.2 Å². The van der Waals surface area contributed by atoms with Crippen LogP contribution in [0.15, 0.2) is 9.27 Å². The lowest BCUT2D eigenvalue weighted by Gasteiger charge is -2.62. The molecule has 3 saturated carbocycles. The van der Waals surface area contributed by atoms with Gasteiger partial charge in [0.2, 0.25) is 0 Å². The van der Waals surface area contributed by atoms with Gasteiger partial charge in [0.15, 0.2) is 12.2 Å². The van der Waals surface area contributed by atoms with Crippen LogP contribution in [0.4, 0.5) is 11.5 Å². The molecule has 0 aliphatic heterocycles. The molecule has 0 spiro atoms. The first-order valence-electron chi connectivity index (χ1n) is 8.47. The molecule has 3 fully saturated rings. The number of hydrogen-bond acceptors (Lipinski definition) is 6. The van der Waals surface area contributed by atoms with Crippen LogP contribution < -0.4 is 10.9 Å². The van der Waals surface area contributed by atoms with Gasteiger partial charge in [0.25, 0.3) is 0 Å². The van der Waals surface area contributed by atoms with E-state index in [9.17, 15) is 19.7 Å². The highest BCUT2D eigenvalue weighted by atomic mass is 79.9. The van der Waals surface area contributed by atoms with E-state index in [0.717, 1.165) is 12.8 Å². The number of nitro groups is 1. The molecule has 9 nitrogen and oxygen atoms in total. The second kappa shape index (κ2) is 6.33. The summed E-state index contributed by atoms with van der Waals surface area (Å²) in [7, 11) is 0. The Morgan fingerprint density at radius 3 is 2.65 bits per heavy atom. The molecule has 0 saturated heterocycles. The van der Waals surface area contributed by atoms with Gasteiger partial charge in [-0.15, -0.1) is 4.68 Å². The SMILES string of the molecule is C[C@H]1[C@H](Nc2c([N+](=O)[O-])nn(CC(=O)O)c(=O)c2Br)C[C@H]2C[C@@H]1C2(C)C. The van der Waals surface area contributed by atoms with Gasteiger partial charge in [0, 0.05) is 6.04 Å². The van der Waals surface area contributed by atoms with E-state index < -0.39 is 28.8 Å². The van der Waals surface area contributed by atoms with Gasteiger partial charge >= 0.3 is 17.3 Å². The molecule has 1 aromatic rings. The van der Waals surface area contributed by atoms with Crippen molar-refractivity contribution >= 4 is 33.4 Å². The lowest BCUT2D eigenvalue weighted by atomic mass is 9.45. The third-order valence-electron chi connectivity index (χ3n) is 6.22. The van der Waals surface area contributed by atoms with Crippen LogP contribution >= 0.6 is 15.9 Å². The van der Waals surface area contributed by atoms with Gasteiger partial charge in [-0.1, -0.05) is 20.8 Å². The Balaban J connectivity index is 1.95. The van der Waals surface area contributed by atoms with Crippen molar-refractivity contribution in [2.75, 3.05) is 5.32 Å². The lowest BCUT2D eigenvalue weighted by Crippen LogP contribution is -2.58. The molecule has 0 radical (unpaired) electrons. The van der Waals surface area contributed by atoms with Crippen LogP contribution in [0, 0.1) is 33.3 Å². The Morgan fingerprint density at radius 2 is 2.15 bits per heavy atom. The largest absolute Gasteiger partial charge is 0.480 e. The van der Waals surface area contributed by atoms with Crippen molar-refractivity contribution in [2.24, 2.45) is 23.2 Å². The van der Waals surface area contributed by atoms with Crippen LogP contribution in [0.2, 0.25) is 0 Å². The Kier molecular flexibility index (Phi) is 4.58. The highest BCUT2D eigenvalue weighted by Crippen LogP contribution is 2.61. The summed E-state index contributed by atoms with van der Waals surface area (Å²) < 4.78 is 0.520. The summed E-state index contributed by atoms with van der Waals surface area (Å²) in [5.41, 5.74) is -0.420. The highest BCUT2D eigenvalue weighted by molar-refractivity contribution is 9.10. The zero-order chi connectivity index (χ0) is 19.4. The number of halogens is 1. The molecule has 10 heteroatoms. The maximum atomic E-state index is 12.3. The second-order valence-corrected chi connectivity index (χ2v) is 8.63. The Bertz CT molecular complexity index is 837. The first-order chi connectivity index (χ1) is 12.0. The average molecular weight is 429 g/mol. The van der Waals surface area contributed by atoms with E-state index in [4.69, 9.17) is 5.11 Å². The zero-order valence-electron chi connectivity index (χ0n) is 14.7. The number of nitrogens with one attached hydrogen (secondary N) is 1. The van der Waals surface area contributed by atoms with Gasteiger partial charge < -0.3 is 20.5 Å². The number of anilines is 1. The van der Waals surface area contributed by atoms with Crippen LogP contribution in [0.25, 0.3) is 0 Å². The van der Waals surface area contributed by atoms with Crippen molar-refractivity contribution < 1.29 is 14.8 Å². The minimum absolute atomic E-state index is 0.00158. The predicted molar refractivity (Wildman–Crippen MR) is 97.1 cm³/mol. The minimum atomic E-state index is -1.30. The number of aliphatic carboxylic acids is 1. The van der Waals surface area contributed by atoms with Crippen LogP contribution in [-0.4, -0.2) is 31.8 Å². The van der Waals surface area contributed by atoms with E-state index >= 15 is 0 Å². The fourth-order valence-electron chi connectivity index (χ4n) is 4.54. The van der Waals surface area contributed by atoms with Crippen molar-refractivity contribution in [3.05, 3.63) is 24.9 Å². The Hall–Kier alpha value is -1.97. The van der Waals surface area contributed by atoms with E-state index in [1.54, 1.807) is 0 Å². The predicted octanol–water partition coefficient (Wildman–Crippen LogP) is 2.48. The first-order valence-corrected chi connectivity index (χ1v) is 9.26. The average Bonchev–Trinajstić information content (AvgIpc) is 2.54. The van der Waals surface area contributed by atoms with Crippen LogP contribution in [0.1, 0.15) is 33.6 Å². The number of rotatable bonds is 5. The molecule has 0 amide bonds. The lowest BCUT2D eigenvalue weighted by molar-refractivity contribution is -0.389. The normalized spacial score (nSPS) is 28.9. The van der Waals surface area contributed by atoms with Gasteiger partial charge in [0.1, 0.15) is 4.47 Å².